The van der Waals surface area contributed by atoms with E-state index in [4.69, 9.17) is 4.74 Å². The molecule has 142 valence electrons. The maximum atomic E-state index is 12.0. The van der Waals surface area contributed by atoms with Crippen molar-refractivity contribution in [2.45, 2.75) is 22.4 Å². The third-order valence-corrected chi connectivity index (χ3v) is 6.24. The van der Waals surface area contributed by atoms with E-state index in [0.717, 1.165) is 21.9 Å². The first-order chi connectivity index (χ1) is 13.7. The lowest BCUT2D eigenvalue weighted by Crippen LogP contribution is -2.63. The zero-order valence-electron chi connectivity index (χ0n) is 15.3. The number of methoxy groups -OCH3 is 1. The van der Waals surface area contributed by atoms with Gasteiger partial charge >= 0.3 is 0 Å². The molecule has 0 N–H and O–H groups in total. The van der Waals surface area contributed by atoms with Gasteiger partial charge in [-0.2, -0.15) is 0 Å². The van der Waals surface area contributed by atoms with E-state index >= 15 is 0 Å². The summed E-state index contributed by atoms with van der Waals surface area (Å²) in [6, 6.07) is 26.2. The molecule has 0 bridgehead atoms. The molecule has 1 saturated heterocycles. The van der Waals surface area contributed by atoms with Crippen molar-refractivity contribution in [3.05, 3.63) is 101 Å². The fourth-order valence-electron chi connectivity index (χ4n) is 3.59. The Kier molecular flexibility index (Phi) is 5.21. The van der Waals surface area contributed by atoms with Crippen LogP contribution in [0.1, 0.15) is 11.6 Å². The summed E-state index contributed by atoms with van der Waals surface area (Å²) >= 11 is 1.54. The number of para-hydroxylation sites is 1. The fourth-order valence-corrected chi connectivity index (χ4v) is 4.94. The molecule has 1 fully saturated rings. The first-order valence-corrected chi connectivity index (χ1v) is 9.89. The largest absolute Gasteiger partial charge is 0.497 e. The molecule has 1 aliphatic heterocycles. The molecule has 0 aliphatic carbocycles. The number of hydrogen-bond acceptors (Lipinski definition) is 5. The quantitative estimate of drug-likeness (QED) is 0.435. The number of anilines is 1. The number of hydrogen-bond donors (Lipinski definition) is 0. The Labute approximate surface area is 168 Å². The van der Waals surface area contributed by atoms with E-state index in [1.807, 2.05) is 84.9 Å². The van der Waals surface area contributed by atoms with E-state index in [9.17, 15) is 10.1 Å². The lowest BCUT2D eigenvalue weighted by atomic mass is 9.88. The van der Waals surface area contributed by atoms with Gasteiger partial charge in [0.2, 0.25) is 0 Å². The van der Waals surface area contributed by atoms with E-state index in [2.05, 4.69) is 4.90 Å². The second-order valence-electron chi connectivity index (χ2n) is 6.56. The summed E-state index contributed by atoms with van der Waals surface area (Å²) in [5.41, 5.74) is 1.89. The van der Waals surface area contributed by atoms with Crippen molar-refractivity contribution >= 4 is 17.4 Å². The molecule has 4 rings (SSSR count). The van der Waals surface area contributed by atoms with Gasteiger partial charge in [0.15, 0.2) is 5.37 Å². The van der Waals surface area contributed by atoms with Gasteiger partial charge in [-0.3, -0.25) is 10.1 Å². The number of nitro groups is 1. The van der Waals surface area contributed by atoms with E-state index in [1.165, 1.54) is 11.8 Å². The molecule has 6 heteroatoms. The standard InChI is InChI=1S/C22H20N2O3S/c1-27-18-14-12-16(13-15-18)20-21(24(25)26)22(28-19-10-6-3-7-11-19)23(20)17-8-4-2-5-9-17/h2-15,20-22H,1H3/t20-,21-,22+/m1/s1. The minimum absolute atomic E-state index is 0.144. The zero-order valence-corrected chi connectivity index (χ0v) is 16.2. The van der Waals surface area contributed by atoms with Crippen molar-refractivity contribution in [1.29, 1.82) is 0 Å². The molecular weight excluding hydrogens is 372 g/mol. The van der Waals surface area contributed by atoms with Crippen LogP contribution in [0.2, 0.25) is 0 Å². The van der Waals surface area contributed by atoms with Gasteiger partial charge in [-0.15, -0.1) is 0 Å². The summed E-state index contributed by atoms with van der Waals surface area (Å²) in [7, 11) is 1.61. The van der Waals surface area contributed by atoms with Crippen molar-refractivity contribution in [3.8, 4) is 5.75 Å². The highest BCUT2D eigenvalue weighted by atomic mass is 32.2. The lowest BCUT2D eigenvalue weighted by Gasteiger charge is -2.51. The highest BCUT2D eigenvalue weighted by molar-refractivity contribution is 8.00. The van der Waals surface area contributed by atoms with Gasteiger partial charge in [-0.25, -0.2) is 0 Å². The molecule has 28 heavy (non-hydrogen) atoms. The third-order valence-electron chi connectivity index (χ3n) is 4.94. The van der Waals surface area contributed by atoms with Crippen LogP contribution in [0, 0.1) is 10.1 Å². The predicted octanol–water partition coefficient (Wildman–Crippen LogP) is 5.02. The Balaban J connectivity index is 1.72. The van der Waals surface area contributed by atoms with Crippen LogP contribution in [-0.4, -0.2) is 23.4 Å². The van der Waals surface area contributed by atoms with Crippen LogP contribution in [0.4, 0.5) is 5.69 Å². The Morgan fingerprint density at radius 2 is 1.54 bits per heavy atom. The minimum atomic E-state index is -0.709. The SMILES string of the molecule is COc1ccc([C@@H]2[C@@H]([N+](=O)[O-])[C@H](Sc3ccccc3)N2c2ccccc2)cc1. The second-order valence-corrected chi connectivity index (χ2v) is 7.75. The molecule has 3 atom stereocenters. The highest BCUT2D eigenvalue weighted by Gasteiger charge is 2.57. The Bertz CT molecular complexity index is 935. The van der Waals surface area contributed by atoms with Crippen molar-refractivity contribution in [3.63, 3.8) is 0 Å². The molecule has 0 amide bonds. The summed E-state index contributed by atoms with van der Waals surface area (Å²) in [6.45, 7) is 0. The van der Waals surface area contributed by atoms with Crippen LogP contribution >= 0.6 is 11.8 Å². The summed E-state index contributed by atoms with van der Waals surface area (Å²) in [6.07, 6.45) is 0. The molecule has 0 radical (unpaired) electrons. The molecule has 0 spiro atoms. The Hall–Kier alpha value is -2.99. The van der Waals surface area contributed by atoms with E-state index in [-0.39, 0.29) is 16.3 Å². The van der Waals surface area contributed by atoms with E-state index < -0.39 is 6.04 Å². The van der Waals surface area contributed by atoms with Crippen LogP contribution < -0.4 is 9.64 Å². The molecule has 0 unspecified atom stereocenters. The van der Waals surface area contributed by atoms with Gasteiger partial charge in [-0.1, -0.05) is 60.3 Å². The van der Waals surface area contributed by atoms with Gasteiger partial charge in [0.25, 0.3) is 6.04 Å². The van der Waals surface area contributed by atoms with Crippen LogP contribution in [0.3, 0.4) is 0 Å². The summed E-state index contributed by atoms with van der Waals surface area (Å²) in [5, 5.41) is 11.7. The maximum absolute atomic E-state index is 12.0. The Morgan fingerprint density at radius 1 is 0.929 bits per heavy atom. The minimum Gasteiger partial charge on any atom is -0.497 e. The summed E-state index contributed by atoms with van der Waals surface area (Å²) in [5.74, 6) is 0.738. The molecule has 0 aromatic heterocycles. The van der Waals surface area contributed by atoms with Crippen molar-refractivity contribution in [2.24, 2.45) is 0 Å². The average molecular weight is 392 g/mol. The van der Waals surface area contributed by atoms with Crippen LogP contribution in [-0.2, 0) is 0 Å². The number of benzene rings is 3. The van der Waals surface area contributed by atoms with Crippen molar-refractivity contribution < 1.29 is 9.66 Å². The molecule has 3 aromatic rings. The van der Waals surface area contributed by atoms with Gasteiger partial charge in [0.1, 0.15) is 11.8 Å². The lowest BCUT2D eigenvalue weighted by molar-refractivity contribution is -0.537. The zero-order chi connectivity index (χ0) is 19.5. The number of thioether (sulfide) groups is 1. The third kappa shape index (κ3) is 3.43. The molecular formula is C22H20N2O3S. The summed E-state index contributed by atoms with van der Waals surface area (Å²) in [4.78, 5) is 15.0. The van der Waals surface area contributed by atoms with Crippen molar-refractivity contribution in [2.75, 3.05) is 12.0 Å². The van der Waals surface area contributed by atoms with E-state index in [1.54, 1.807) is 7.11 Å². The molecule has 0 saturated carbocycles. The maximum Gasteiger partial charge on any atom is 0.266 e. The molecule has 1 heterocycles. The van der Waals surface area contributed by atoms with Crippen LogP contribution in [0.15, 0.2) is 89.8 Å². The van der Waals surface area contributed by atoms with Gasteiger partial charge in [0, 0.05) is 15.5 Å². The van der Waals surface area contributed by atoms with Crippen molar-refractivity contribution in [1.82, 2.24) is 0 Å². The first kappa shape index (κ1) is 18.4. The monoisotopic (exact) mass is 392 g/mol. The van der Waals surface area contributed by atoms with Crippen LogP contribution in [0.25, 0.3) is 0 Å². The highest BCUT2D eigenvalue weighted by Crippen LogP contribution is 2.50. The van der Waals surface area contributed by atoms with Gasteiger partial charge in [-0.05, 0) is 42.0 Å². The average Bonchev–Trinajstić information content (AvgIpc) is 2.72. The normalized spacial score (nSPS) is 21.0. The predicted molar refractivity (Wildman–Crippen MR) is 112 cm³/mol. The number of ether oxygens (including phenoxy) is 1. The molecule has 5 nitrogen and oxygen atoms in total. The summed E-state index contributed by atoms with van der Waals surface area (Å²) < 4.78 is 5.23. The van der Waals surface area contributed by atoms with Crippen LogP contribution in [0.5, 0.6) is 5.75 Å². The number of rotatable bonds is 6. The molecule has 1 aliphatic rings. The smallest absolute Gasteiger partial charge is 0.266 e. The van der Waals surface area contributed by atoms with E-state index in [0.29, 0.717) is 0 Å². The Morgan fingerprint density at radius 3 is 2.11 bits per heavy atom. The molecule has 3 aromatic carbocycles. The van der Waals surface area contributed by atoms with Gasteiger partial charge < -0.3 is 9.64 Å². The van der Waals surface area contributed by atoms with Gasteiger partial charge in [0.05, 0.1) is 7.11 Å². The first-order valence-electron chi connectivity index (χ1n) is 9.01. The topological polar surface area (TPSA) is 55.6 Å². The fraction of sp³-hybridized carbons (Fsp3) is 0.182. The number of nitrogens with zero attached hydrogens (tertiary/aromatic N) is 2. The second kappa shape index (κ2) is 7.94.